The maximum Gasteiger partial charge on any atom is 0.321 e. The highest BCUT2D eigenvalue weighted by Gasteiger charge is 2.69. The molecule has 1 aliphatic carbocycles. The van der Waals surface area contributed by atoms with Crippen molar-refractivity contribution in [1.29, 1.82) is 0 Å². The normalized spacial score (nSPS) is 33.6. The highest BCUT2D eigenvalue weighted by molar-refractivity contribution is 5.83. The molecule has 1 heterocycles. The maximum absolute atomic E-state index is 12.4. The van der Waals surface area contributed by atoms with E-state index in [0.717, 1.165) is 11.3 Å². The molecule has 5 heteroatoms. The summed E-state index contributed by atoms with van der Waals surface area (Å²) in [6, 6.07) is 7.33. The van der Waals surface area contributed by atoms with Gasteiger partial charge >= 0.3 is 5.97 Å². The van der Waals surface area contributed by atoms with Crippen LogP contribution in [-0.2, 0) is 14.3 Å². The number of rotatable bonds is 3. The first kappa shape index (κ1) is 15.1. The first-order valence-corrected chi connectivity index (χ1v) is 7.30. The Labute approximate surface area is 129 Å². The number of hydrogen-bond acceptors (Lipinski definition) is 5. The molecule has 5 nitrogen and oxygen atoms in total. The zero-order valence-electron chi connectivity index (χ0n) is 12.8. The van der Waals surface area contributed by atoms with E-state index in [9.17, 15) is 9.90 Å². The van der Waals surface area contributed by atoms with Crippen LogP contribution in [-0.4, -0.2) is 31.1 Å². The molecule has 1 saturated carbocycles. The second kappa shape index (κ2) is 5.11. The Morgan fingerprint density at radius 1 is 1.32 bits per heavy atom. The van der Waals surface area contributed by atoms with Crippen LogP contribution in [0.4, 0.5) is 0 Å². The molecule has 3 atom stereocenters. The minimum atomic E-state index is -1.54. The molecular weight excluding hydrogens is 284 g/mol. The molecule has 0 amide bonds. The van der Waals surface area contributed by atoms with Gasteiger partial charge in [-0.3, -0.25) is 4.79 Å². The lowest BCUT2D eigenvalue weighted by Gasteiger charge is -2.31. The van der Waals surface area contributed by atoms with E-state index >= 15 is 0 Å². The molecule has 2 aliphatic rings. The van der Waals surface area contributed by atoms with Crippen molar-refractivity contribution in [2.24, 2.45) is 5.41 Å². The predicted molar refractivity (Wildman–Crippen MR) is 79.2 cm³/mol. The third-order valence-corrected chi connectivity index (χ3v) is 4.86. The molecule has 118 valence electrons. The van der Waals surface area contributed by atoms with Crippen LogP contribution >= 0.6 is 0 Å². The zero-order chi connectivity index (χ0) is 16.0. The predicted octanol–water partition coefficient (Wildman–Crippen LogP) is 2.35. The number of carbonyl (C=O) groups is 1. The zero-order valence-corrected chi connectivity index (χ0v) is 12.8. The Morgan fingerprint density at radius 3 is 2.59 bits per heavy atom. The Kier molecular flexibility index (Phi) is 3.50. The molecule has 1 aromatic rings. The van der Waals surface area contributed by atoms with E-state index in [1.807, 2.05) is 24.3 Å². The molecule has 0 aromatic heterocycles. The molecule has 1 aromatic carbocycles. The van der Waals surface area contributed by atoms with Crippen LogP contribution in [0.5, 0.6) is 5.75 Å². The molecule has 2 fully saturated rings. The fourth-order valence-electron chi connectivity index (χ4n) is 3.68. The summed E-state index contributed by atoms with van der Waals surface area (Å²) >= 11 is 0. The van der Waals surface area contributed by atoms with Crippen molar-refractivity contribution in [3.8, 4) is 5.75 Å². The smallest absolute Gasteiger partial charge is 0.321 e. The average Bonchev–Trinajstić information content (AvgIpc) is 2.99. The molecule has 3 rings (SSSR count). The number of hydrogen-bond donors (Lipinski definition) is 1. The number of benzene rings is 1. The number of methoxy groups -OCH3 is 2. The average molecular weight is 304 g/mol. The monoisotopic (exact) mass is 304 g/mol. The van der Waals surface area contributed by atoms with Crippen molar-refractivity contribution in [2.45, 2.75) is 31.2 Å². The van der Waals surface area contributed by atoms with E-state index in [1.54, 1.807) is 7.11 Å². The van der Waals surface area contributed by atoms with Crippen LogP contribution in [0.3, 0.4) is 0 Å². The third kappa shape index (κ3) is 1.82. The Balaban J connectivity index is 2.00. The van der Waals surface area contributed by atoms with Gasteiger partial charge in [-0.15, -0.1) is 0 Å². The SMILES string of the molecule is C=C1[C@@H](c2ccc(OC)cc2)O[C@@]2(O)CCC[C@@]12C(=O)OC. The summed E-state index contributed by atoms with van der Waals surface area (Å²) < 4.78 is 16.0. The van der Waals surface area contributed by atoms with Gasteiger partial charge in [0.15, 0.2) is 5.79 Å². The van der Waals surface area contributed by atoms with Gasteiger partial charge in [0.25, 0.3) is 0 Å². The van der Waals surface area contributed by atoms with Crippen LogP contribution in [0.25, 0.3) is 0 Å². The van der Waals surface area contributed by atoms with Gasteiger partial charge in [-0.05, 0) is 36.1 Å². The van der Waals surface area contributed by atoms with Crippen molar-refractivity contribution in [1.82, 2.24) is 0 Å². The van der Waals surface area contributed by atoms with Crippen molar-refractivity contribution >= 4 is 5.97 Å². The quantitative estimate of drug-likeness (QED) is 0.686. The fourth-order valence-corrected chi connectivity index (χ4v) is 3.68. The van der Waals surface area contributed by atoms with Gasteiger partial charge in [-0.2, -0.15) is 0 Å². The van der Waals surface area contributed by atoms with E-state index in [4.69, 9.17) is 14.2 Å². The second-order valence-electron chi connectivity index (χ2n) is 5.83. The number of carbonyl (C=O) groups excluding carboxylic acids is 1. The van der Waals surface area contributed by atoms with Crippen molar-refractivity contribution in [3.05, 3.63) is 42.0 Å². The third-order valence-electron chi connectivity index (χ3n) is 4.86. The first-order valence-electron chi connectivity index (χ1n) is 7.30. The molecule has 0 bridgehead atoms. The summed E-state index contributed by atoms with van der Waals surface area (Å²) in [5.41, 5.74) is 0.216. The van der Waals surface area contributed by atoms with Gasteiger partial charge in [-0.25, -0.2) is 0 Å². The summed E-state index contributed by atoms with van der Waals surface area (Å²) in [7, 11) is 2.92. The highest BCUT2D eigenvalue weighted by atomic mass is 16.6. The Hall–Kier alpha value is -1.85. The van der Waals surface area contributed by atoms with E-state index in [-0.39, 0.29) is 0 Å². The molecule has 1 saturated heterocycles. The van der Waals surface area contributed by atoms with Crippen molar-refractivity contribution in [3.63, 3.8) is 0 Å². The highest BCUT2D eigenvalue weighted by Crippen LogP contribution is 2.62. The number of ether oxygens (including phenoxy) is 3. The molecule has 0 unspecified atom stereocenters. The molecule has 1 N–H and O–H groups in total. The summed E-state index contributed by atoms with van der Waals surface area (Å²) in [4.78, 5) is 12.4. The van der Waals surface area contributed by atoms with Gasteiger partial charge in [0.2, 0.25) is 0 Å². The lowest BCUT2D eigenvalue weighted by molar-refractivity contribution is -0.232. The van der Waals surface area contributed by atoms with Crippen LogP contribution in [0.15, 0.2) is 36.4 Å². The van der Waals surface area contributed by atoms with E-state index in [1.165, 1.54) is 7.11 Å². The lowest BCUT2D eigenvalue weighted by atomic mass is 9.75. The van der Waals surface area contributed by atoms with Crippen molar-refractivity contribution < 1.29 is 24.1 Å². The summed E-state index contributed by atoms with van der Waals surface area (Å²) in [5, 5.41) is 10.9. The summed E-state index contributed by atoms with van der Waals surface area (Å²) in [6.07, 6.45) is 1.05. The topological polar surface area (TPSA) is 65.0 Å². The summed E-state index contributed by atoms with van der Waals surface area (Å²) in [5.74, 6) is -1.29. The number of aliphatic hydroxyl groups is 1. The van der Waals surface area contributed by atoms with Gasteiger partial charge in [0.1, 0.15) is 17.3 Å². The fraction of sp³-hybridized carbons (Fsp3) is 0.471. The van der Waals surface area contributed by atoms with Gasteiger partial charge in [0.05, 0.1) is 14.2 Å². The molecular formula is C17H20O5. The summed E-state index contributed by atoms with van der Waals surface area (Å²) in [6.45, 7) is 4.07. The molecule has 0 spiro atoms. The van der Waals surface area contributed by atoms with Crippen LogP contribution in [0.1, 0.15) is 30.9 Å². The van der Waals surface area contributed by atoms with Gasteiger partial charge < -0.3 is 19.3 Å². The molecule has 0 radical (unpaired) electrons. The lowest BCUT2D eigenvalue weighted by Crippen LogP contribution is -2.47. The maximum atomic E-state index is 12.4. The van der Waals surface area contributed by atoms with E-state index in [2.05, 4.69) is 6.58 Å². The number of fused-ring (bicyclic) bond motifs is 1. The largest absolute Gasteiger partial charge is 0.497 e. The van der Waals surface area contributed by atoms with Gasteiger partial charge in [-0.1, -0.05) is 18.7 Å². The second-order valence-corrected chi connectivity index (χ2v) is 5.83. The minimum Gasteiger partial charge on any atom is -0.497 e. The van der Waals surface area contributed by atoms with Gasteiger partial charge in [0, 0.05) is 6.42 Å². The van der Waals surface area contributed by atoms with E-state index in [0.29, 0.717) is 24.8 Å². The van der Waals surface area contributed by atoms with Crippen LogP contribution < -0.4 is 4.74 Å². The first-order chi connectivity index (χ1) is 10.5. The molecule has 1 aliphatic heterocycles. The standard InChI is InChI=1S/C17H20O5/c1-11-14(12-5-7-13(20-2)8-6-12)22-17(19)10-4-9-16(11,17)15(18)21-3/h5-8,14,19H,1,4,9-10H2,2-3H3/t14-,16-,17-/m0/s1. The van der Waals surface area contributed by atoms with E-state index < -0.39 is 23.3 Å². The Bertz CT molecular complexity index is 608. The molecule has 22 heavy (non-hydrogen) atoms. The van der Waals surface area contributed by atoms with Crippen LogP contribution in [0, 0.1) is 5.41 Å². The Morgan fingerprint density at radius 2 is 2.00 bits per heavy atom. The van der Waals surface area contributed by atoms with Crippen LogP contribution in [0.2, 0.25) is 0 Å². The van der Waals surface area contributed by atoms with Crippen molar-refractivity contribution in [2.75, 3.05) is 14.2 Å². The number of esters is 1. The minimum absolute atomic E-state index is 0.397.